The Hall–Kier alpha value is 0.214. The molecular weight excluding hydrogens is 453 g/mol. The Labute approximate surface area is 189 Å². The van der Waals surface area contributed by atoms with E-state index in [0.717, 1.165) is 25.7 Å². The van der Waals surface area contributed by atoms with E-state index >= 15 is 0 Å². The molecule has 0 aromatic carbocycles. The summed E-state index contributed by atoms with van der Waals surface area (Å²) in [7, 11) is -9.15. The maximum Gasteiger partial charge on any atom is 0.208 e. The highest BCUT2D eigenvalue weighted by molar-refractivity contribution is 7.93. The van der Waals surface area contributed by atoms with Crippen molar-refractivity contribution in [3.8, 4) is 0 Å². The topological polar surface area (TPSA) is 137 Å². The second kappa shape index (κ2) is 10.0. The highest BCUT2D eigenvalue weighted by Gasteiger charge is 2.44. The van der Waals surface area contributed by atoms with Crippen LogP contribution in [0.15, 0.2) is 4.03 Å². The van der Waals surface area contributed by atoms with Gasteiger partial charge in [-0.3, -0.25) is 4.03 Å². The molecule has 184 valence electrons. The molecule has 2 rings (SSSR count). The van der Waals surface area contributed by atoms with E-state index in [4.69, 9.17) is 5.14 Å². The molecule has 11 heteroatoms. The first-order chi connectivity index (χ1) is 12.1. The van der Waals surface area contributed by atoms with Crippen molar-refractivity contribution in [2.24, 2.45) is 9.17 Å². The zero-order valence-electron chi connectivity index (χ0n) is 20.3. The standard InChI is InChI=1S/C9H22N2OSSi.C9H21NO2SSi.CH4.H3N/c1-9(2,3)14(4,5)11-13(10,12)8-6-7-8;1-9(2,3)14(4,5)10-13(11,12)8-6-7-8;;/h8H,6-7H2,1-5H3,(H2,10,11,12);8,10H,6-7H2,1-5H3;1H4;1H3. The molecule has 2 aliphatic rings. The Balaban J connectivity index is 0. The van der Waals surface area contributed by atoms with Gasteiger partial charge in [-0.15, -0.1) is 0 Å². The van der Waals surface area contributed by atoms with Crippen LogP contribution in [-0.2, 0) is 19.9 Å². The van der Waals surface area contributed by atoms with Crippen LogP contribution >= 0.6 is 0 Å². The van der Waals surface area contributed by atoms with Crippen molar-refractivity contribution >= 4 is 36.4 Å². The number of nitrogens with zero attached hydrogens (tertiary/aromatic N) is 1. The first-order valence-electron chi connectivity index (χ1n) is 10.2. The van der Waals surface area contributed by atoms with E-state index in [1.54, 1.807) is 0 Å². The summed E-state index contributed by atoms with van der Waals surface area (Å²) in [6.07, 6.45) is 3.66. The van der Waals surface area contributed by atoms with Crippen molar-refractivity contribution in [2.75, 3.05) is 0 Å². The number of nitrogens with one attached hydrogen (secondary N) is 1. The molecule has 0 radical (unpaired) electrons. The molecule has 0 amide bonds. The van der Waals surface area contributed by atoms with E-state index in [0.29, 0.717) is 0 Å². The minimum Gasteiger partial charge on any atom is -0.344 e. The lowest BCUT2D eigenvalue weighted by Crippen LogP contribution is -2.55. The average molecular weight is 503 g/mol. The molecule has 2 fully saturated rings. The van der Waals surface area contributed by atoms with Gasteiger partial charge in [-0.1, -0.05) is 62.1 Å². The summed E-state index contributed by atoms with van der Waals surface area (Å²) in [5, 5.41) is 6.07. The molecular formula is C19H50N4O3S2Si2. The molecule has 0 spiro atoms. The fourth-order valence-electron chi connectivity index (χ4n) is 1.94. The normalized spacial score (nSPS) is 20.0. The fraction of sp³-hybridized carbons (Fsp3) is 1.00. The van der Waals surface area contributed by atoms with Gasteiger partial charge in [0.1, 0.15) is 8.24 Å². The largest absolute Gasteiger partial charge is 0.344 e. The highest BCUT2D eigenvalue weighted by atomic mass is 32.2. The van der Waals surface area contributed by atoms with Gasteiger partial charge in [0.2, 0.25) is 10.0 Å². The molecule has 2 saturated carbocycles. The minimum atomic E-state index is -3.02. The maximum atomic E-state index is 12.1. The fourth-order valence-corrected chi connectivity index (χ4v) is 12.8. The lowest BCUT2D eigenvalue weighted by molar-refractivity contribution is 0.588. The molecule has 1 unspecified atom stereocenters. The third-order valence-electron chi connectivity index (χ3n) is 6.44. The van der Waals surface area contributed by atoms with Crippen molar-refractivity contribution in [1.82, 2.24) is 10.5 Å². The summed E-state index contributed by atoms with van der Waals surface area (Å²) < 4.78 is 43.1. The number of hydrogen-bond donors (Lipinski definition) is 3. The van der Waals surface area contributed by atoms with Crippen molar-refractivity contribution < 1.29 is 12.6 Å². The van der Waals surface area contributed by atoms with Crippen molar-refractivity contribution in [3.63, 3.8) is 0 Å². The van der Waals surface area contributed by atoms with Gasteiger partial charge in [0.25, 0.3) is 0 Å². The van der Waals surface area contributed by atoms with Crippen LogP contribution in [0.5, 0.6) is 0 Å². The predicted octanol–water partition coefficient (Wildman–Crippen LogP) is 5.37. The van der Waals surface area contributed by atoms with Gasteiger partial charge in [-0.25, -0.2) is 22.2 Å². The van der Waals surface area contributed by atoms with Crippen molar-refractivity contribution in [2.45, 2.75) is 121 Å². The lowest BCUT2D eigenvalue weighted by atomic mass is 10.2. The molecule has 2 aliphatic carbocycles. The van der Waals surface area contributed by atoms with Crippen LogP contribution in [0.3, 0.4) is 0 Å². The molecule has 6 N–H and O–H groups in total. The molecule has 7 nitrogen and oxygen atoms in total. The van der Waals surface area contributed by atoms with Gasteiger partial charge < -0.3 is 6.15 Å². The Kier molecular flexibility index (Phi) is 10.8. The van der Waals surface area contributed by atoms with E-state index in [1.807, 2.05) is 0 Å². The number of hydrogen-bond acceptors (Lipinski definition) is 5. The van der Waals surface area contributed by atoms with Crippen LogP contribution in [-0.4, -0.2) is 39.6 Å². The highest BCUT2D eigenvalue weighted by Crippen LogP contribution is 2.39. The summed E-state index contributed by atoms with van der Waals surface area (Å²) in [6.45, 7) is 21.2. The molecule has 0 aliphatic heterocycles. The smallest absolute Gasteiger partial charge is 0.208 e. The van der Waals surface area contributed by atoms with Crippen LogP contribution in [0, 0.1) is 0 Å². The van der Waals surface area contributed by atoms with Gasteiger partial charge in [-0.05, 0) is 48.9 Å². The third-order valence-corrected chi connectivity index (χ3v) is 22.8. The van der Waals surface area contributed by atoms with Crippen molar-refractivity contribution in [1.29, 1.82) is 0 Å². The first-order valence-corrected chi connectivity index (χ1v) is 19.3. The van der Waals surface area contributed by atoms with Gasteiger partial charge in [0.05, 0.1) is 20.4 Å². The molecule has 0 heterocycles. The third kappa shape index (κ3) is 8.99. The van der Waals surface area contributed by atoms with E-state index in [-0.39, 0.29) is 34.2 Å². The average Bonchev–Trinajstić information content (AvgIpc) is 3.25. The Morgan fingerprint density at radius 3 is 1.47 bits per heavy atom. The van der Waals surface area contributed by atoms with Crippen LogP contribution in [0.2, 0.25) is 36.3 Å². The van der Waals surface area contributed by atoms with Gasteiger partial charge in [-0.2, -0.15) is 0 Å². The zero-order valence-corrected chi connectivity index (χ0v) is 23.9. The summed E-state index contributed by atoms with van der Waals surface area (Å²) in [5.41, 5.74) is 0. The van der Waals surface area contributed by atoms with E-state index in [9.17, 15) is 12.6 Å². The number of nitrogens with two attached hydrogens (primary N) is 1. The maximum absolute atomic E-state index is 12.1. The Bertz CT molecular complexity index is 784. The van der Waals surface area contributed by atoms with Gasteiger partial charge >= 0.3 is 0 Å². The van der Waals surface area contributed by atoms with Crippen LogP contribution in [0.25, 0.3) is 0 Å². The zero-order chi connectivity index (χ0) is 22.4. The second-order valence-corrected chi connectivity index (χ2v) is 26.0. The molecule has 30 heavy (non-hydrogen) atoms. The molecule has 0 aromatic heterocycles. The lowest BCUT2D eigenvalue weighted by Gasteiger charge is -2.36. The Morgan fingerprint density at radius 1 is 0.833 bits per heavy atom. The number of sulfonamides is 1. The van der Waals surface area contributed by atoms with Crippen LogP contribution < -0.4 is 15.7 Å². The molecule has 0 aromatic rings. The summed E-state index contributed by atoms with van der Waals surface area (Å²) in [6, 6.07) is 0. The predicted molar refractivity (Wildman–Crippen MR) is 139 cm³/mol. The van der Waals surface area contributed by atoms with Crippen LogP contribution in [0.1, 0.15) is 74.7 Å². The summed E-state index contributed by atoms with van der Waals surface area (Å²) in [5.74, 6) is 0. The monoisotopic (exact) mass is 502 g/mol. The molecule has 0 bridgehead atoms. The SMILES string of the molecule is C.CC(C)(C)[Si](C)(C)N=S(N)(=O)C1CC1.CC(C)(C)[Si](C)(C)NS(=O)(=O)C1CC1.N. The Morgan fingerprint density at radius 2 is 1.20 bits per heavy atom. The van der Waals surface area contributed by atoms with Gasteiger partial charge in [0, 0.05) is 0 Å². The first kappa shape index (κ1) is 32.4. The van der Waals surface area contributed by atoms with E-state index in [2.05, 4.69) is 76.1 Å². The van der Waals surface area contributed by atoms with Gasteiger partial charge in [0.15, 0.2) is 8.24 Å². The summed E-state index contributed by atoms with van der Waals surface area (Å²) >= 11 is 0. The molecule has 1 atom stereocenters. The van der Waals surface area contributed by atoms with Crippen molar-refractivity contribution in [3.05, 3.63) is 0 Å². The summed E-state index contributed by atoms with van der Waals surface area (Å²) in [4.78, 5) is 0. The van der Waals surface area contributed by atoms with E-state index in [1.165, 1.54) is 0 Å². The van der Waals surface area contributed by atoms with Crippen LogP contribution in [0.4, 0.5) is 0 Å². The number of rotatable bonds is 5. The minimum absolute atomic E-state index is 0. The molecule has 0 saturated heterocycles. The second-order valence-electron chi connectivity index (χ2n) is 11.4. The van der Waals surface area contributed by atoms with E-state index < -0.39 is 36.4 Å². The quantitative estimate of drug-likeness (QED) is 0.435.